The lowest BCUT2D eigenvalue weighted by molar-refractivity contribution is -0.123. The van der Waals surface area contributed by atoms with E-state index in [1.165, 1.54) is 0 Å². The minimum atomic E-state index is -0.596. The van der Waals surface area contributed by atoms with Crippen molar-refractivity contribution < 1.29 is 4.79 Å². The lowest BCUT2D eigenvalue weighted by atomic mass is 9.88. The first-order chi connectivity index (χ1) is 7.82. The van der Waals surface area contributed by atoms with Crippen molar-refractivity contribution in [2.75, 3.05) is 0 Å². The third-order valence-electron chi connectivity index (χ3n) is 3.10. The maximum absolute atomic E-state index is 12.0. The molecule has 0 fully saturated rings. The molecule has 0 saturated heterocycles. The van der Waals surface area contributed by atoms with Gasteiger partial charge in [-0.3, -0.25) is 4.79 Å². The van der Waals surface area contributed by atoms with E-state index in [1.807, 2.05) is 37.3 Å². The first kappa shape index (κ1) is 13.7. The summed E-state index contributed by atoms with van der Waals surface area (Å²) in [5.74, 6) is -0.126. The molecule has 0 aromatic heterocycles. The van der Waals surface area contributed by atoms with Crippen LogP contribution in [0.15, 0.2) is 30.3 Å². The number of amides is 1. The first-order valence-electron chi connectivity index (χ1n) is 5.93. The fraction of sp³-hybridized carbons (Fsp3) is 0.500. The second-order valence-corrected chi connectivity index (χ2v) is 5.48. The maximum atomic E-state index is 12.0. The lowest BCUT2D eigenvalue weighted by Gasteiger charge is -2.29. The molecule has 1 aromatic carbocycles. The fourth-order valence-electron chi connectivity index (χ4n) is 1.33. The van der Waals surface area contributed by atoms with Crippen LogP contribution in [-0.2, 0) is 4.79 Å². The van der Waals surface area contributed by atoms with Crippen LogP contribution in [0.2, 0.25) is 0 Å². The number of hydrogen-bond donors (Lipinski definition) is 2. The summed E-state index contributed by atoms with van der Waals surface area (Å²) >= 11 is 0. The summed E-state index contributed by atoms with van der Waals surface area (Å²) in [6.45, 7) is 8.26. The highest BCUT2D eigenvalue weighted by molar-refractivity contribution is 5.83. The number of hydrogen-bond acceptors (Lipinski definition) is 2. The van der Waals surface area contributed by atoms with Crippen molar-refractivity contribution in [3.63, 3.8) is 0 Å². The largest absolute Gasteiger partial charge is 0.351 e. The van der Waals surface area contributed by atoms with Crippen LogP contribution in [-0.4, -0.2) is 11.9 Å². The number of rotatable bonds is 3. The third-order valence-corrected chi connectivity index (χ3v) is 3.10. The van der Waals surface area contributed by atoms with Gasteiger partial charge in [0.25, 0.3) is 0 Å². The van der Waals surface area contributed by atoms with Crippen LogP contribution >= 0.6 is 0 Å². The Balaban J connectivity index is 2.66. The summed E-state index contributed by atoms with van der Waals surface area (Å²) in [4.78, 5) is 12.0. The summed E-state index contributed by atoms with van der Waals surface area (Å²) in [5, 5.41) is 2.95. The van der Waals surface area contributed by atoms with Gasteiger partial charge in [-0.05, 0) is 17.9 Å². The molecule has 1 amide bonds. The van der Waals surface area contributed by atoms with Crippen molar-refractivity contribution in [3.05, 3.63) is 35.9 Å². The van der Waals surface area contributed by atoms with Crippen LogP contribution in [0.3, 0.4) is 0 Å². The second kappa shape index (κ2) is 5.32. The molecule has 0 bridgehead atoms. The molecule has 0 radical (unpaired) electrons. The van der Waals surface area contributed by atoms with Gasteiger partial charge in [-0.25, -0.2) is 0 Å². The van der Waals surface area contributed by atoms with Crippen molar-refractivity contribution in [1.29, 1.82) is 0 Å². The van der Waals surface area contributed by atoms with Crippen LogP contribution in [0.5, 0.6) is 0 Å². The van der Waals surface area contributed by atoms with E-state index < -0.39 is 6.04 Å². The van der Waals surface area contributed by atoms with Gasteiger partial charge in [0.1, 0.15) is 6.04 Å². The van der Waals surface area contributed by atoms with Crippen molar-refractivity contribution in [2.24, 2.45) is 11.1 Å². The third kappa shape index (κ3) is 3.86. The van der Waals surface area contributed by atoms with Gasteiger partial charge in [-0.2, -0.15) is 0 Å². The van der Waals surface area contributed by atoms with Gasteiger partial charge in [0.2, 0.25) is 5.91 Å². The molecule has 17 heavy (non-hydrogen) atoms. The van der Waals surface area contributed by atoms with Crippen LogP contribution in [0.1, 0.15) is 39.3 Å². The molecule has 94 valence electrons. The van der Waals surface area contributed by atoms with E-state index in [0.717, 1.165) is 5.56 Å². The molecule has 0 aliphatic rings. The van der Waals surface area contributed by atoms with E-state index in [4.69, 9.17) is 5.73 Å². The molecular weight excluding hydrogens is 212 g/mol. The number of carbonyl (C=O) groups is 1. The Morgan fingerprint density at radius 1 is 1.24 bits per heavy atom. The Bertz CT molecular complexity index is 368. The Hall–Kier alpha value is -1.35. The van der Waals surface area contributed by atoms with E-state index in [1.54, 1.807) is 0 Å². The number of nitrogens with one attached hydrogen (secondary N) is 1. The van der Waals surface area contributed by atoms with Gasteiger partial charge in [0, 0.05) is 6.04 Å². The summed E-state index contributed by atoms with van der Waals surface area (Å²) in [5.41, 5.74) is 6.79. The van der Waals surface area contributed by atoms with E-state index >= 15 is 0 Å². The average Bonchev–Trinajstić information content (AvgIpc) is 2.27. The molecular formula is C14H22N2O. The predicted molar refractivity (Wildman–Crippen MR) is 70.4 cm³/mol. The van der Waals surface area contributed by atoms with E-state index in [9.17, 15) is 4.79 Å². The van der Waals surface area contributed by atoms with E-state index in [-0.39, 0.29) is 17.4 Å². The molecule has 1 unspecified atom stereocenters. The van der Waals surface area contributed by atoms with Gasteiger partial charge in [-0.15, -0.1) is 0 Å². The fourth-order valence-corrected chi connectivity index (χ4v) is 1.33. The molecule has 0 heterocycles. The first-order valence-corrected chi connectivity index (χ1v) is 5.93. The summed E-state index contributed by atoms with van der Waals surface area (Å²) in [6, 6.07) is 8.90. The highest BCUT2D eigenvalue weighted by Gasteiger charge is 2.24. The quantitative estimate of drug-likeness (QED) is 0.842. The van der Waals surface area contributed by atoms with Crippen LogP contribution in [0.25, 0.3) is 0 Å². The van der Waals surface area contributed by atoms with Crippen molar-refractivity contribution in [3.8, 4) is 0 Å². The van der Waals surface area contributed by atoms with Gasteiger partial charge in [-0.1, -0.05) is 51.1 Å². The Morgan fingerprint density at radius 3 is 2.24 bits per heavy atom. The minimum absolute atomic E-state index is 0.0338. The summed E-state index contributed by atoms with van der Waals surface area (Å²) < 4.78 is 0. The molecule has 1 rings (SSSR count). The van der Waals surface area contributed by atoms with Gasteiger partial charge < -0.3 is 11.1 Å². The van der Waals surface area contributed by atoms with Gasteiger partial charge in [0.15, 0.2) is 0 Å². The SMILES string of the molecule is CC(NC(=O)[C@H](N)c1ccccc1)C(C)(C)C. The number of benzene rings is 1. The normalized spacial score (nSPS) is 15.1. The Kier molecular flexibility index (Phi) is 4.29. The van der Waals surface area contributed by atoms with Gasteiger partial charge >= 0.3 is 0 Å². The molecule has 3 nitrogen and oxygen atoms in total. The molecule has 1 aromatic rings. The molecule has 0 saturated carbocycles. The van der Waals surface area contributed by atoms with Crippen molar-refractivity contribution >= 4 is 5.91 Å². The van der Waals surface area contributed by atoms with Crippen LogP contribution in [0, 0.1) is 5.41 Å². The lowest BCUT2D eigenvalue weighted by Crippen LogP contribution is -2.45. The Morgan fingerprint density at radius 2 is 1.76 bits per heavy atom. The molecule has 2 atom stereocenters. The molecule has 3 heteroatoms. The maximum Gasteiger partial charge on any atom is 0.241 e. The monoisotopic (exact) mass is 234 g/mol. The van der Waals surface area contributed by atoms with Crippen molar-refractivity contribution in [2.45, 2.75) is 39.8 Å². The zero-order valence-corrected chi connectivity index (χ0v) is 11.0. The highest BCUT2D eigenvalue weighted by atomic mass is 16.2. The topological polar surface area (TPSA) is 55.1 Å². The van der Waals surface area contributed by atoms with E-state index in [0.29, 0.717) is 0 Å². The summed E-state index contributed by atoms with van der Waals surface area (Å²) in [7, 11) is 0. The average molecular weight is 234 g/mol. The minimum Gasteiger partial charge on any atom is -0.351 e. The highest BCUT2D eigenvalue weighted by Crippen LogP contribution is 2.19. The van der Waals surface area contributed by atoms with Crippen LogP contribution < -0.4 is 11.1 Å². The van der Waals surface area contributed by atoms with Gasteiger partial charge in [0.05, 0.1) is 0 Å². The zero-order chi connectivity index (χ0) is 13.1. The van der Waals surface area contributed by atoms with E-state index in [2.05, 4.69) is 26.1 Å². The molecule has 0 aliphatic carbocycles. The standard InChI is InChI=1S/C14H22N2O/c1-10(14(2,3)4)16-13(17)12(15)11-8-6-5-7-9-11/h5-10,12H,15H2,1-4H3,(H,16,17)/t10?,12-/m1/s1. The Labute approximate surface area is 103 Å². The predicted octanol–water partition coefficient (Wildman–Crippen LogP) is 2.24. The zero-order valence-electron chi connectivity index (χ0n) is 11.0. The smallest absolute Gasteiger partial charge is 0.241 e. The summed E-state index contributed by atoms with van der Waals surface area (Å²) in [6.07, 6.45) is 0. The number of carbonyl (C=O) groups excluding carboxylic acids is 1. The molecule has 0 spiro atoms. The molecule has 3 N–H and O–H groups in total. The second-order valence-electron chi connectivity index (χ2n) is 5.48. The van der Waals surface area contributed by atoms with Crippen LogP contribution in [0.4, 0.5) is 0 Å². The molecule has 0 aliphatic heterocycles. The number of nitrogens with two attached hydrogens (primary N) is 1. The van der Waals surface area contributed by atoms with Crippen molar-refractivity contribution in [1.82, 2.24) is 5.32 Å².